The van der Waals surface area contributed by atoms with Gasteiger partial charge in [0.1, 0.15) is 23.7 Å². The lowest BCUT2D eigenvalue weighted by atomic mass is 9.99. The maximum Gasteiger partial charge on any atom is 0.407 e. The van der Waals surface area contributed by atoms with E-state index in [0.29, 0.717) is 12.1 Å². The maximum atomic E-state index is 14.0. The fourth-order valence-electron chi connectivity index (χ4n) is 9.15. The van der Waals surface area contributed by atoms with Crippen LogP contribution in [0.3, 0.4) is 0 Å². The number of ether oxygens (including phenoxy) is 2. The van der Waals surface area contributed by atoms with Gasteiger partial charge in [0.2, 0.25) is 11.8 Å². The molecule has 6 atom stereocenters. The number of methoxy groups -OCH3 is 2. The minimum atomic E-state index is -1.77. The number of hydrogen-bond acceptors (Lipinski definition) is 8. The molecular formula is C44H54N8O6Si. The summed E-state index contributed by atoms with van der Waals surface area (Å²) >= 11 is 0. The molecule has 2 aliphatic heterocycles. The van der Waals surface area contributed by atoms with Crippen molar-refractivity contribution in [2.75, 3.05) is 20.4 Å². The van der Waals surface area contributed by atoms with Crippen LogP contribution in [0.4, 0.5) is 9.59 Å². The largest absolute Gasteiger partial charge is 0.453 e. The monoisotopic (exact) mass is 818 g/mol. The van der Waals surface area contributed by atoms with Gasteiger partial charge >= 0.3 is 12.2 Å². The number of hydrogen-bond donors (Lipinski definition) is 4. The van der Waals surface area contributed by atoms with Crippen molar-refractivity contribution in [2.24, 2.45) is 17.8 Å². The van der Waals surface area contributed by atoms with Gasteiger partial charge < -0.3 is 39.9 Å². The van der Waals surface area contributed by atoms with E-state index in [1.165, 1.54) is 14.2 Å². The average molecular weight is 819 g/mol. The van der Waals surface area contributed by atoms with Crippen molar-refractivity contribution in [3.05, 3.63) is 72.4 Å². The van der Waals surface area contributed by atoms with Crippen LogP contribution in [0.15, 0.2) is 60.8 Å². The number of nitrogens with one attached hydrogen (secondary N) is 4. The third-order valence-electron chi connectivity index (χ3n) is 12.4. The summed E-state index contributed by atoms with van der Waals surface area (Å²) < 4.78 is 9.64. The Kier molecular flexibility index (Phi) is 10.5. The number of rotatable bonds is 10. The van der Waals surface area contributed by atoms with E-state index in [9.17, 15) is 19.2 Å². The Balaban J connectivity index is 1.00. The number of fused-ring (bicyclic) bond motifs is 4. The molecule has 4 N–H and O–H groups in total. The lowest BCUT2D eigenvalue weighted by Gasteiger charge is -2.31. The van der Waals surface area contributed by atoms with E-state index in [2.05, 4.69) is 88.3 Å². The first-order chi connectivity index (χ1) is 28.2. The second-order valence-electron chi connectivity index (χ2n) is 17.9. The molecule has 59 heavy (non-hydrogen) atoms. The molecule has 4 amide bonds. The van der Waals surface area contributed by atoms with Gasteiger partial charge in [0, 0.05) is 17.6 Å². The smallest absolute Gasteiger partial charge is 0.407 e. The number of aromatic amines is 2. The summed E-state index contributed by atoms with van der Waals surface area (Å²) in [6, 6.07) is 18.2. The molecule has 3 fully saturated rings. The molecular weight excluding hydrogens is 765 g/mol. The number of carbonyl (C=O) groups is 4. The fraction of sp³-hybridized carbons (Fsp3) is 0.455. The summed E-state index contributed by atoms with van der Waals surface area (Å²) in [5.74, 6) is 1.53. The van der Waals surface area contributed by atoms with Crippen molar-refractivity contribution in [1.29, 1.82) is 0 Å². The zero-order chi connectivity index (χ0) is 41.9. The summed E-state index contributed by atoms with van der Waals surface area (Å²) in [6.07, 6.45) is 3.09. The lowest BCUT2D eigenvalue weighted by molar-refractivity contribution is -0.137. The third kappa shape index (κ3) is 7.67. The average Bonchev–Trinajstić information content (AvgIpc) is 3.63. The number of nitrogens with zero attached hydrogens (tertiary/aromatic N) is 4. The Morgan fingerprint density at radius 2 is 1.42 bits per heavy atom. The summed E-state index contributed by atoms with van der Waals surface area (Å²) in [5.41, 5.74) is 5.77. The standard InChI is InChI=1S/C44H54N8O6Si/c1-23(2)36(49-43(55)57-5)41(53)51-22-59(7,8)21-35(51)40-46-31-16-14-28-17-27(13-15-30(28)38(31)48-40)25-9-11-26(12-10-25)32-20-45-39(47-32)34-19-29-18-33(29)52(34)42(54)37(24(3)4)50-44(56)58-6/h9-17,20,23-24,29,33-37H,18-19,21-22H2,1-8H3,(H,45,47)(H,46,48)(H,49,55)(H,50,56)/t29-,33-,34-,35-,36-,37+/m0/s1. The van der Waals surface area contributed by atoms with Crippen LogP contribution < -0.4 is 10.6 Å². The van der Waals surface area contributed by atoms with Crippen LogP contribution in [-0.4, -0.2) is 100 Å². The van der Waals surface area contributed by atoms with Gasteiger partial charge in [-0.25, -0.2) is 19.6 Å². The second kappa shape index (κ2) is 15.5. The molecule has 5 aromatic rings. The zero-order valence-corrected chi connectivity index (χ0v) is 36.0. The van der Waals surface area contributed by atoms with Crippen LogP contribution in [0.5, 0.6) is 0 Å². The van der Waals surface area contributed by atoms with Crippen molar-refractivity contribution < 1.29 is 28.7 Å². The molecule has 2 aromatic heterocycles. The molecule has 0 spiro atoms. The van der Waals surface area contributed by atoms with Gasteiger partial charge in [-0.15, -0.1) is 0 Å². The number of H-pyrrole nitrogens is 2. The quantitative estimate of drug-likeness (QED) is 0.106. The van der Waals surface area contributed by atoms with Crippen LogP contribution in [0.2, 0.25) is 19.1 Å². The van der Waals surface area contributed by atoms with E-state index in [1.807, 2.05) is 43.7 Å². The first kappa shape index (κ1) is 40.1. The highest BCUT2D eigenvalue weighted by Crippen LogP contribution is 2.53. The van der Waals surface area contributed by atoms with Crippen LogP contribution in [0.1, 0.15) is 64.3 Å². The van der Waals surface area contributed by atoms with E-state index in [4.69, 9.17) is 19.4 Å². The fourth-order valence-corrected chi connectivity index (χ4v) is 12.0. The summed E-state index contributed by atoms with van der Waals surface area (Å²) in [4.78, 5) is 72.8. The predicted octanol–water partition coefficient (Wildman–Crippen LogP) is 7.33. The molecule has 0 bridgehead atoms. The number of likely N-dealkylation sites (tertiary alicyclic amines) is 1. The number of carbonyl (C=O) groups excluding carboxylic acids is 4. The van der Waals surface area contributed by atoms with Crippen LogP contribution >= 0.6 is 0 Å². The molecule has 4 heterocycles. The van der Waals surface area contributed by atoms with Crippen molar-refractivity contribution >= 4 is 53.9 Å². The van der Waals surface area contributed by atoms with Gasteiger partial charge in [0.05, 0.1) is 57.3 Å². The molecule has 3 aliphatic rings. The molecule has 1 aliphatic carbocycles. The van der Waals surface area contributed by atoms with Crippen molar-refractivity contribution in [3.63, 3.8) is 0 Å². The Bertz CT molecular complexity index is 2420. The van der Waals surface area contributed by atoms with E-state index in [-0.39, 0.29) is 41.8 Å². The highest BCUT2D eigenvalue weighted by Gasteiger charge is 2.56. The number of alkyl carbamates (subject to hydrolysis) is 2. The molecule has 15 heteroatoms. The summed E-state index contributed by atoms with van der Waals surface area (Å²) in [5, 5.41) is 7.58. The van der Waals surface area contributed by atoms with Crippen LogP contribution in [0, 0.1) is 17.8 Å². The van der Waals surface area contributed by atoms with Gasteiger partial charge in [-0.3, -0.25) is 9.59 Å². The van der Waals surface area contributed by atoms with E-state index in [1.54, 1.807) is 0 Å². The zero-order valence-electron chi connectivity index (χ0n) is 35.0. The molecule has 3 aromatic carbocycles. The maximum absolute atomic E-state index is 14.0. The number of aromatic nitrogens is 4. The van der Waals surface area contributed by atoms with Crippen LogP contribution in [0.25, 0.3) is 44.2 Å². The van der Waals surface area contributed by atoms with Gasteiger partial charge in [0.25, 0.3) is 0 Å². The SMILES string of the molecule is COC(=O)N[C@H](C(=O)N1C[Si](C)(C)C[C@H]1c1nc2c(ccc3cc(-c4ccc(-c5cnc([C@@H]6C[C@@H]7C[C@@H]7N6C(=O)[C@H](NC(=O)OC)C(C)C)[nH]5)cc4)ccc32)[nH]1)C(C)C. The van der Waals surface area contributed by atoms with Gasteiger partial charge in [-0.05, 0) is 70.8 Å². The molecule has 0 unspecified atom stereocenters. The highest BCUT2D eigenvalue weighted by atomic mass is 28.3. The van der Waals surface area contributed by atoms with Crippen molar-refractivity contribution in [2.45, 2.75) is 89.9 Å². The van der Waals surface area contributed by atoms with E-state index in [0.717, 1.165) is 74.7 Å². The van der Waals surface area contributed by atoms with Crippen molar-refractivity contribution in [3.8, 4) is 22.4 Å². The minimum Gasteiger partial charge on any atom is -0.453 e. The highest BCUT2D eigenvalue weighted by molar-refractivity contribution is 6.78. The Morgan fingerprint density at radius 1 is 0.780 bits per heavy atom. The second-order valence-corrected chi connectivity index (χ2v) is 23.0. The van der Waals surface area contributed by atoms with Crippen LogP contribution in [-0.2, 0) is 19.1 Å². The van der Waals surface area contributed by atoms with Gasteiger partial charge in [-0.1, -0.05) is 83.3 Å². The third-order valence-corrected chi connectivity index (χ3v) is 15.1. The predicted molar refractivity (Wildman–Crippen MR) is 228 cm³/mol. The topological polar surface area (TPSA) is 175 Å². The first-order valence-corrected chi connectivity index (χ1v) is 24.0. The Hall–Kier alpha value is -5.70. The molecule has 310 valence electrons. The Labute approximate surface area is 344 Å². The first-order valence-electron chi connectivity index (χ1n) is 20.6. The molecule has 14 nitrogen and oxygen atoms in total. The molecule has 0 radical (unpaired) electrons. The van der Waals surface area contributed by atoms with Gasteiger partial charge in [-0.2, -0.15) is 0 Å². The van der Waals surface area contributed by atoms with Crippen molar-refractivity contribution in [1.82, 2.24) is 40.4 Å². The van der Waals surface area contributed by atoms with Gasteiger partial charge in [0.15, 0.2) is 0 Å². The normalized spacial score (nSPS) is 21.8. The lowest BCUT2D eigenvalue weighted by Crippen LogP contribution is -2.52. The summed E-state index contributed by atoms with van der Waals surface area (Å²) in [6.45, 7) is 12.3. The minimum absolute atomic E-state index is 0.101. The van der Waals surface area contributed by atoms with E-state index < -0.39 is 32.3 Å². The number of imidazole rings is 2. The molecule has 8 rings (SSSR count). The number of piperidine rings is 1. The summed E-state index contributed by atoms with van der Waals surface area (Å²) in [7, 11) is 0.832. The molecule has 1 saturated carbocycles. The molecule has 2 saturated heterocycles. The number of amides is 4. The Morgan fingerprint density at radius 3 is 2.08 bits per heavy atom. The number of benzene rings is 3. The van der Waals surface area contributed by atoms with E-state index >= 15 is 0 Å².